The van der Waals surface area contributed by atoms with Gasteiger partial charge in [-0.05, 0) is 12.5 Å². The van der Waals surface area contributed by atoms with Crippen molar-refractivity contribution in [2.45, 2.75) is 11.9 Å². The highest BCUT2D eigenvalue weighted by Gasteiger charge is 2.22. The Hall–Kier alpha value is -3.36. The lowest BCUT2D eigenvalue weighted by Crippen LogP contribution is -2.15. The number of benzene rings is 1. The zero-order valence-corrected chi connectivity index (χ0v) is 13.9. The minimum absolute atomic E-state index is 0.0642. The van der Waals surface area contributed by atoms with Gasteiger partial charge in [0.25, 0.3) is 0 Å². The zero-order valence-electron chi connectivity index (χ0n) is 13.1. The van der Waals surface area contributed by atoms with E-state index in [1.165, 1.54) is 0 Å². The highest BCUT2D eigenvalue weighted by molar-refractivity contribution is 8.00. The molecule has 0 bridgehead atoms. The molecule has 0 radical (unpaired) electrons. The second-order valence-corrected chi connectivity index (χ2v) is 6.00. The summed E-state index contributed by atoms with van der Waals surface area (Å²) in [6.07, 6.45) is 0. The number of carboxylic acids is 1. The first-order valence-electron chi connectivity index (χ1n) is 6.98. The SMILES string of the molecule is Cc1ccc(-c2c(C#N)c(N)nc(SCC(=O)C(=O)O)c2C#N)cc1. The molecule has 0 aliphatic carbocycles. The zero-order chi connectivity index (χ0) is 18.6. The van der Waals surface area contributed by atoms with Crippen LogP contribution >= 0.6 is 11.8 Å². The number of hydrogen-bond acceptors (Lipinski definition) is 7. The maximum Gasteiger partial charge on any atom is 0.373 e. The van der Waals surface area contributed by atoms with Crippen LogP contribution in [0, 0.1) is 29.6 Å². The number of rotatable bonds is 5. The highest BCUT2D eigenvalue weighted by Crippen LogP contribution is 2.35. The van der Waals surface area contributed by atoms with Crippen LogP contribution in [0.15, 0.2) is 29.3 Å². The quantitative estimate of drug-likeness (QED) is 0.616. The number of aryl methyl sites for hydroxylation is 1. The number of carboxylic acid groups (broad SMARTS) is 1. The van der Waals surface area contributed by atoms with E-state index in [1.807, 2.05) is 31.2 Å². The average Bonchev–Trinajstić information content (AvgIpc) is 2.59. The Balaban J connectivity index is 2.62. The van der Waals surface area contributed by atoms with Crippen molar-refractivity contribution in [1.82, 2.24) is 4.98 Å². The molecule has 1 aromatic carbocycles. The Morgan fingerprint density at radius 1 is 1.20 bits per heavy atom. The predicted octanol–water partition coefficient (Wildman–Crippen LogP) is 2.13. The number of nitrogen functional groups attached to an aromatic ring is 1. The Kier molecular flexibility index (Phi) is 5.38. The van der Waals surface area contributed by atoms with Gasteiger partial charge in [-0.25, -0.2) is 9.78 Å². The summed E-state index contributed by atoms with van der Waals surface area (Å²) in [6, 6.07) is 11.1. The summed E-state index contributed by atoms with van der Waals surface area (Å²) >= 11 is 0.800. The molecule has 0 saturated carbocycles. The lowest BCUT2D eigenvalue weighted by atomic mass is 9.96. The number of ketones is 1. The number of hydrogen-bond donors (Lipinski definition) is 2. The van der Waals surface area contributed by atoms with Crippen LogP contribution in [0.1, 0.15) is 16.7 Å². The van der Waals surface area contributed by atoms with Crippen molar-refractivity contribution >= 4 is 29.3 Å². The lowest BCUT2D eigenvalue weighted by Gasteiger charge is -2.12. The molecule has 2 rings (SSSR count). The first-order chi connectivity index (χ1) is 11.9. The maximum absolute atomic E-state index is 11.3. The van der Waals surface area contributed by atoms with Gasteiger partial charge in [0.1, 0.15) is 28.5 Å². The molecule has 0 atom stereocenters. The first kappa shape index (κ1) is 18.0. The molecule has 0 unspecified atom stereocenters. The number of anilines is 1. The Morgan fingerprint density at radius 3 is 2.32 bits per heavy atom. The van der Waals surface area contributed by atoms with Crippen molar-refractivity contribution in [2.24, 2.45) is 0 Å². The second kappa shape index (κ2) is 7.47. The predicted molar refractivity (Wildman–Crippen MR) is 91.6 cm³/mol. The van der Waals surface area contributed by atoms with Crippen LogP contribution < -0.4 is 5.73 Å². The van der Waals surface area contributed by atoms with Gasteiger partial charge in [-0.1, -0.05) is 41.6 Å². The Bertz CT molecular complexity index is 940. The van der Waals surface area contributed by atoms with Crippen molar-refractivity contribution in [3.63, 3.8) is 0 Å². The Morgan fingerprint density at radius 2 is 1.80 bits per heavy atom. The summed E-state index contributed by atoms with van der Waals surface area (Å²) in [5, 5.41) is 27.7. The normalized spacial score (nSPS) is 9.88. The van der Waals surface area contributed by atoms with Crippen LogP contribution in [0.3, 0.4) is 0 Å². The van der Waals surface area contributed by atoms with Gasteiger partial charge in [0.2, 0.25) is 5.78 Å². The van der Waals surface area contributed by atoms with E-state index in [4.69, 9.17) is 10.8 Å². The number of carbonyl (C=O) groups excluding carboxylic acids is 1. The Labute approximate surface area is 147 Å². The summed E-state index contributed by atoms with van der Waals surface area (Å²) in [4.78, 5) is 25.9. The topological polar surface area (TPSA) is 141 Å². The molecule has 0 fully saturated rings. The van der Waals surface area contributed by atoms with E-state index >= 15 is 0 Å². The average molecular weight is 352 g/mol. The van der Waals surface area contributed by atoms with Crippen molar-refractivity contribution in [1.29, 1.82) is 10.5 Å². The van der Waals surface area contributed by atoms with Crippen LogP contribution in [0.4, 0.5) is 5.82 Å². The molecule has 2 aromatic rings. The number of pyridine rings is 1. The summed E-state index contributed by atoms with van der Waals surface area (Å²) in [6.45, 7) is 1.90. The van der Waals surface area contributed by atoms with E-state index in [1.54, 1.807) is 12.1 Å². The fourth-order valence-corrected chi connectivity index (χ4v) is 2.95. The molecule has 0 aliphatic rings. The van der Waals surface area contributed by atoms with Gasteiger partial charge in [0, 0.05) is 5.56 Å². The molecule has 8 heteroatoms. The number of aromatic nitrogens is 1. The molecule has 1 aromatic heterocycles. The summed E-state index contributed by atoms with van der Waals surface area (Å²) in [7, 11) is 0. The smallest absolute Gasteiger partial charge is 0.373 e. The van der Waals surface area contributed by atoms with Gasteiger partial charge in [-0.3, -0.25) is 4.79 Å². The van der Waals surface area contributed by atoms with Crippen molar-refractivity contribution < 1.29 is 14.7 Å². The summed E-state index contributed by atoms with van der Waals surface area (Å²) in [5.41, 5.74) is 7.91. The van der Waals surface area contributed by atoms with Crippen LogP contribution in [0.5, 0.6) is 0 Å². The van der Waals surface area contributed by atoms with Gasteiger partial charge >= 0.3 is 5.97 Å². The van der Waals surface area contributed by atoms with E-state index in [0.717, 1.165) is 17.3 Å². The van der Waals surface area contributed by atoms with Crippen molar-refractivity contribution in [3.05, 3.63) is 41.0 Å². The van der Waals surface area contributed by atoms with E-state index in [0.29, 0.717) is 11.1 Å². The third-order valence-electron chi connectivity index (χ3n) is 3.33. The number of nitrogens with two attached hydrogens (primary N) is 1. The second-order valence-electron chi connectivity index (χ2n) is 5.03. The molecule has 3 N–H and O–H groups in total. The molecule has 7 nitrogen and oxygen atoms in total. The van der Waals surface area contributed by atoms with E-state index in [-0.39, 0.29) is 22.0 Å². The van der Waals surface area contributed by atoms with Gasteiger partial charge in [0.05, 0.1) is 11.3 Å². The minimum atomic E-state index is -1.56. The fraction of sp³-hybridized carbons (Fsp3) is 0.118. The third-order valence-corrected chi connectivity index (χ3v) is 4.31. The van der Waals surface area contributed by atoms with E-state index in [2.05, 4.69) is 4.98 Å². The summed E-state index contributed by atoms with van der Waals surface area (Å²) < 4.78 is 0. The lowest BCUT2D eigenvalue weighted by molar-refractivity contribution is -0.147. The molecule has 0 saturated heterocycles. The maximum atomic E-state index is 11.3. The number of carbonyl (C=O) groups is 2. The largest absolute Gasteiger partial charge is 0.475 e. The molecule has 25 heavy (non-hydrogen) atoms. The van der Waals surface area contributed by atoms with E-state index < -0.39 is 17.5 Å². The highest BCUT2D eigenvalue weighted by atomic mass is 32.2. The van der Waals surface area contributed by atoms with Crippen LogP contribution in [0.25, 0.3) is 11.1 Å². The molecule has 0 spiro atoms. The molecular formula is C17H12N4O3S. The van der Waals surface area contributed by atoms with Gasteiger partial charge in [-0.2, -0.15) is 10.5 Å². The molecule has 0 amide bonds. The number of nitriles is 2. The monoisotopic (exact) mass is 352 g/mol. The van der Waals surface area contributed by atoms with Gasteiger partial charge in [-0.15, -0.1) is 0 Å². The van der Waals surface area contributed by atoms with Crippen molar-refractivity contribution in [3.8, 4) is 23.3 Å². The number of nitrogens with zero attached hydrogens (tertiary/aromatic N) is 3. The van der Waals surface area contributed by atoms with E-state index in [9.17, 15) is 20.1 Å². The standard InChI is InChI=1S/C17H12N4O3S/c1-9-2-4-10(5-3-9)14-11(6-18)15(20)21-16(12(14)7-19)25-8-13(22)17(23)24/h2-5H,8H2,1H3,(H2,20,21)(H,23,24). The summed E-state index contributed by atoms with van der Waals surface area (Å²) in [5.74, 6) is -3.06. The molecule has 0 aliphatic heterocycles. The van der Waals surface area contributed by atoms with Gasteiger partial charge in [0.15, 0.2) is 0 Å². The number of Topliss-reactive ketones (excluding diaryl/α,β-unsaturated/α-hetero) is 1. The first-order valence-corrected chi connectivity index (χ1v) is 7.97. The third kappa shape index (κ3) is 3.77. The van der Waals surface area contributed by atoms with Crippen LogP contribution in [-0.4, -0.2) is 27.6 Å². The van der Waals surface area contributed by atoms with Crippen LogP contribution in [-0.2, 0) is 9.59 Å². The molecular weight excluding hydrogens is 340 g/mol. The molecule has 1 heterocycles. The number of thioether (sulfide) groups is 1. The minimum Gasteiger partial charge on any atom is -0.475 e. The van der Waals surface area contributed by atoms with Crippen molar-refractivity contribution in [2.75, 3.05) is 11.5 Å². The molecule has 124 valence electrons. The van der Waals surface area contributed by atoms with Gasteiger partial charge < -0.3 is 10.8 Å². The van der Waals surface area contributed by atoms with Crippen LogP contribution in [0.2, 0.25) is 0 Å². The fourth-order valence-electron chi connectivity index (χ4n) is 2.11. The number of aliphatic carboxylic acids is 1.